The molecular formula is C21H26N4O5S. The van der Waals surface area contributed by atoms with Crippen LogP contribution in [0.3, 0.4) is 0 Å². The second-order valence-corrected chi connectivity index (χ2v) is 9.25. The van der Waals surface area contributed by atoms with Crippen molar-refractivity contribution in [2.45, 2.75) is 4.90 Å². The zero-order chi connectivity index (χ0) is 22.0. The average Bonchev–Trinajstić information content (AvgIpc) is 3.07. The van der Waals surface area contributed by atoms with Crippen LogP contribution in [0, 0.1) is 0 Å². The third-order valence-corrected chi connectivity index (χ3v) is 7.06. The van der Waals surface area contributed by atoms with Crippen molar-refractivity contribution >= 4 is 26.8 Å². The van der Waals surface area contributed by atoms with Crippen LogP contribution in [0.5, 0.6) is 5.75 Å². The molecule has 10 heteroatoms. The van der Waals surface area contributed by atoms with Gasteiger partial charge in [0.05, 0.1) is 17.5 Å². The molecule has 2 heterocycles. The van der Waals surface area contributed by atoms with Gasteiger partial charge in [0.1, 0.15) is 5.75 Å². The first-order valence-corrected chi connectivity index (χ1v) is 11.6. The number of aryl methyl sites for hydroxylation is 1. The molecule has 0 atom stereocenters. The van der Waals surface area contributed by atoms with Crippen LogP contribution >= 0.6 is 0 Å². The molecule has 1 fully saturated rings. The third-order valence-electron chi connectivity index (χ3n) is 5.60. The minimum atomic E-state index is -3.69. The first kappa shape index (κ1) is 21.4. The molecule has 0 unspecified atom stereocenters. The number of ether oxygens (including phenoxy) is 1. The first-order valence-electron chi connectivity index (χ1n) is 10.1. The fourth-order valence-electron chi connectivity index (χ4n) is 3.73. The molecule has 1 aliphatic rings. The highest BCUT2D eigenvalue weighted by molar-refractivity contribution is 7.89. The number of aromatic nitrogens is 1. The summed E-state index contributed by atoms with van der Waals surface area (Å²) in [7, 11) is -0.456. The van der Waals surface area contributed by atoms with E-state index in [0.717, 1.165) is 37.6 Å². The van der Waals surface area contributed by atoms with Crippen LogP contribution in [0.15, 0.2) is 56.6 Å². The van der Waals surface area contributed by atoms with Crippen molar-refractivity contribution in [3.05, 3.63) is 53.0 Å². The van der Waals surface area contributed by atoms with Gasteiger partial charge < -0.3 is 14.1 Å². The molecule has 0 amide bonds. The van der Waals surface area contributed by atoms with E-state index < -0.39 is 15.8 Å². The first-order chi connectivity index (χ1) is 14.9. The van der Waals surface area contributed by atoms with Gasteiger partial charge in [0, 0.05) is 58.1 Å². The predicted octanol–water partition coefficient (Wildman–Crippen LogP) is 1.24. The molecule has 0 radical (unpaired) electrons. The van der Waals surface area contributed by atoms with E-state index in [0.29, 0.717) is 18.6 Å². The fourth-order valence-corrected chi connectivity index (χ4v) is 4.76. The van der Waals surface area contributed by atoms with E-state index in [-0.39, 0.29) is 10.5 Å². The molecule has 1 saturated heterocycles. The van der Waals surface area contributed by atoms with Crippen LogP contribution in [0.4, 0.5) is 5.69 Å². The highest BCUT2D eigenvalue weighted by Crippen LogP contribution is 2.21. The Bertz CT molecular complexity index is 1210. The van der Waals surface area contributed by atoms with E-state index in [4.69, 9.17) is 9.15 Å². The topological polar surface area (TPSA) is 97.0 Å². The van der Waals surface area contributed by atoms with Gasteiger partial charge >= 0.3 is 5.76 Å². The summed E-state index contributed by atoms with van der Waals surface area (Å²) in [4.78, 5) is 16.2. The lowest BCUT2D eigenvalue weighted by Gasteiger charge is -2.36. The average molecular weight is 447 g/mol. The molecule has 4 rings (SSSR count). The van der Waals surface area contributed by atoms with E-state index in [1.165, 1.54) is 16.7 Å². The van der Waals surface area contributed by atoms with Crippen molar-refractivity contribution in [2.24, 2.45) is 7.05 Å². The number of rotatable bonds is 7. The lowest BCUT2D eigenvalue weighted by atomic mass is 10.2. The number of anilines is 1. The van der Waals surface area contributed by atoms with Crippen molar-refractivity contribution in [1.29, 1.82) is 0 Å². The molecule has 0 saturated carbocycles. The van der Waals surface area contributed by atoms with Gasteiger partial charge in [-0.05, 0) is 36.4 Å². The number of hydrogen-bond acceptors (Lipinski definition) is 7. The summed E-state index contributed by atoms with van der Waals surface area (Å²) in [6.07, 6.45) is 0. The van der Waals surface area contributed by atoms with Crippen LogP contribution in [-0.2, 0) is 17.1 Å². The van der Waals surface area contributed by atoms with Crippen molar-refractivity contribution in [3.8, 4) is 5.75 Å². The Morgan fingerprint density at radius 3 is 2.45 bits per heavy atom. The number of sulfonamides is 1. The minimum absolute atomic E-state index is 0.0821. The predicted molar refractivity (Wildman–Crippen MR) is 118 cm³/mol. The summed E-state index contributed by atoms with van der Waals surface area (Å²) in [5.74, 6) is 0.314. The van der Waals surface area contributed by atoms with Crippen LogP contribution in [-0.4, -0.2) is 64.3 Å². The van der Waals surface area contributed by atoms with Gasteiger partial charge in [-0.25, -0.2) is 17.9 Å². The van der Waals surface area contributed by atoms with E-state index >= 15 is 0 Å². The highest BCUT2D eigenvalue weighted by atomic mass is 32.2. The van der Waals surface area contributed by atoms with Crippen molar-refractivity contribution < 1.29 is 17.6 Å². The van der Waals surface area contributed by atoms with Crippen LogP contribution in [0.2, 0.25) is 0 Å². The van der Waals surface area contributed by atoms with Gasteiger partial charge in [0.15, 0.2) is 5.58 Å². The smallest absolute Gasteiger partial charge is 0.419 e. The van der Waals surface area contributed by atoms with Crippen molar-refractivity contribution in [3.63, 3.8) is 0 Å². The molecule has 1 aromatic heterocycles. The van der Waals surface area contributed by atoms with E-state index in [9.17, 15) is 13.2 Å². The Balaban J connectivity index is 1.29. The Morgan fingerprint density at radius 1 is 1.06 bits per heavy atom. The SMILES string of the molecule is COc1ccc(N2CCN(CCNS(=O)(=O)c3ccc4c(c3)oc(=O)n4C)CC2)cc1. The van der Waals surface area contributed by atoms with Gasteiger partial charge in [0.25, 0.3) is 0 Å². The zero-order valence-corrected chi connectivity index (χ0v) is 18.4. The maximum Gasteiger partial charge on any atom is 0.419 e. The maximum atomic E-state index is 12.6. The van der Waals surface area contributed by atoms with Gasteiger partial charge in [-0.1, -0.05) is 0 Å². The molecule has 1 aliphatic heterocycles. The molecule has 31 heavy (non-hydrogen) atoms. The van der Waals surface area contributed by atoms with Crippen LogP contribution in [0.1, 0.15) is 0 Å². The number of piperazine rings is 1. The number of hydrogen-bond donors (Lipinski definition) is 1. The fraction of sp³-hybridized carbons (Fsp3) is 0.381. The van der Waals surface area contributed by atoms with E-state index in [2.05, 4.69) is 14.5 Å². The van der Waals surface area contributed by atoms with E-state index in [1.54, 1.807) is 20.2 Å². The molecule has 0 bridgehead atoms. The normalized spacial score (nSPS) is 15.5. The summed E-state index contributed by atoms with van der Waals surface area (Å²) in [6, 6.07) is 12.4. The molecule has 1 N–H and O–H groups in total. The Labute approximate surface area is 180 Å². The number of oxazole rings is 1. The van der Waals surface area contributed by atoms with Crippen LogP contribution < -0.4 is 20.1 Å². The van der Waals surface area contributed by atoms with Gasteiger partial charge in [-0.3, -0.25) is 9.47 Å². The van der Waals surface area contributed by atoms with Gasteiger partial charge in [-0.15, -0.1) is 0 Å². The largest absolute Gasteiger partial charge is 0.497 e. The lowest BCUT2D eigenvalue weighted by Crippen LogP contribution is -2.48. The van der Waals surface area contributed by atoms with Crippen molar-refractivity contribution in [1.82, 2.24) is 14.2 Å². The highest BCUT2D eigenvalue weighted by Gasteiger charge is 2.20. The molecule has 166 valence electrons. The Morgan fingerprint density at radius 2 is 1.77 bits per heavy atom. The number of fused-ring (bicyclic) bond motifs is 1. The molecular weight excluding hydrogens is 420 g/mol. The summed E-state index contributed by atoms with van der Waals surface area (Å²) in [5.41, 5.74) is 1.97. The summed E-state index contributed by atoms with van der Waals surface area (Å²) < 4.78 is 39.5. The standard InChI is InChI=1S/C21H26N4O5S/c1-23-19-8-7-18(15-20(19)30-21(23)26)31(27,28)22-9-10-24-11-13-25(14-12-24)16-3-5-17(29-2)6-4-16/h3-8,15,22H,9-14H2,1-2H3. The second-order valence-electron chi connectivity index (χ2n) is 7.48. The summed E-state index contributed by atoms with van der Waals surface area (Å²) in [5, 5.41) is 0. The molecule has 9 nitrogen and oxygen atoms in total. The Kier molecular flexibility index (Phi) is 6.03. The quantitative estimate of drug-likeness (QED) is 0.583. The van der Waals surface area contributed by atoms with Crippen LogP contribution in [0.25, 0.3) is 11.1 Å². The van der Waals surface area contributed by atoms with Crippen molar-refractivity contribution in [2.75, 3.05) is 51.3 Å². The number of benzene rings is 2. The monoisotopic (exact) mass is 446 g/mol. The molecule has 0 spiro atoms. The molecule has 0 aliphatic carbocycles. The van der Waals surface area contributed by atoms with Gasteiger partial charge in [0.2, 0.25) is 10.0 Å². The molecule has 2 aromatic carbocycles. The number of nitrogens with one attached hydrogen (secondary N) is 1. The minimum Gasteiger partial charge on any atom is -0.497 e. The van der Waals surface area contributed by atoms with Gasteiger partial charge in [-0.2, -0.15) is 0 Å². The summed E-state index contributed by atoms with van der Waals surface area (Å²) in [6.45, 7) is 4.40. The second kappa shape index (κ2) is 8.74. The summed E-state index contributed by atoms with van der Waals surface area (Å²) >= 11 is 0. The number of nitrogens with zero attached hydrogens (tertiary/aromatic N) is 3. The Hall–Kier alpha value is -2.82. The molecule has 3 aromatic rings. The maximum absolute atomic E-state index is 12.6. The van der Waals surface area contributed by atoms with E-state index in [1.807, 2.05) is 24.3 Å². The number of methoxy groups -OCH3 is 1. The lowest BCUT2D eigenvalue weighted by molar-refractivity contribution is 0.262. The third kappa shape index (κ3) is 4.60. The zero-order valence-electron chi connectivity index (χ0n) is 17.6.